The first kappa shape index (κ1) is 19.8. The first-order valence-electron chi connectivity index (χ1n) is 9.27. The lowest BCUT2D eigenvalue weighted by molar-refractivity contribution is 0.337. The number of nitrogens with one attached hydrogen (secondary N) is 1. The normalized spacial score (nSPS) is 11.6. The van der Waals surface area contributed by atoms with E-state index in [1.54, 1.807) is 31.2 Å². The lowest BCUT2D eigenvalue weighted by Crippen LogP contribution is -2.13. The van der Waals surface area contributed by atoms with Gasteiger partial charge in [-0.05, 0) is 50.2 Å². The van der Waals surface area contributed by atoms with E-state index in [0.717, 1.165) is 10.9 Å². The number of hydrogen-bond acceptors (Lipinski definition) is 7. The van der Waals surface area contributed by atoms with E-state index in [9.17, 15) is 9.18 Å². The van der Waals surface area contributed by atoms with Crippen LogP contribution in [-0.4, -0.2) is 17.3 Å². The van der Waals surface area contributed by atoms with Gasteiger partial charge in [0.25, 0.3) is 0 Å². The van der Waals surface area contributed by atoms with Crippen molar-refractivity contribution in [3.8, 4) is 17.0 Å². The van der Waals surface area contributed by atoms with E-state index in [4.69, 9.17) is 9.15 Å². The fraction of sp³-hybridized carbons (Fsp3) is 0.136. The van der Waals surface area contributed by atoms with Gasteiger partial charge in [-0.25, -0.2) is 14.2 Å². The standard InChI is InChI=1S/C22H18FN3O3S/c1-3-28-19-6-4-5-15-11-17(21(27)29-20(15)19)13(2)25-26-22-24-18(12-30-22)14-7-9-16(23)10-8-14/h4-12H,3H2,1-2H3,(H,24,26)/b25-13+. The summed E-state index contributed by atoms with van der Waals surface area (Å²) < 4.78 is 24.1. The molecule has 0 spiro atoms. The van der Waals surface area contributed by atoms with Gasteiger partial charge in [-0.15, -0.1) is 11.3 Å². The van der Waals surface area contributed by atoms with Crippen molar-refractivity contribution in [2.24, 2.45) is 5.10 Å². The maximum Gasteiger partial charge on any atom is 0.345 e. The molecule has 0 saturated heterocycles. The number of thiazole rings is 1. The molecule has 30 heavy (non-hydrogen) atoms. The van der Waals surface area contributed by atoms with Gasteiger partial charge in [-0.1, -0.05) is 12.1 Å². The predicted molar refractivity (Wildman–Crippen MR) is 117 cm³/mol. The van der Waals surface area contributed by atoms with Gasteiger partial charge in [0, 0.05) is 16.3 Å². The average molecular weight is 423 g/mol. The van der Waals surface area contributed by atoms with Gasteiger partial charge in [0.1, 0.15) is 5.82 Å². The van der Waals surface area contributed by atoms with Crippen molar-refractivity contribution in [3.63, 3.8) is 0 Å². The van der Waals surface area contributed by atoms with E-state index in [1.807, 2.05) is 24.4 Å². The second-order valence-electron chi connectivity index (χ2n) is 6.41. The molecule has 8 heteroatoms. The molecular formula is C22H18FN3O3S. The zero-order chi connectivity index (χ0) is 21.1. The van der Waals surface area contributed by atoms with Crippen LogP contribution in [0.4, 0.5) is 9.52 Å². The Morgan fingerprint density at radius 2 is 2.07 bits per heavy atom. The maximum atomic E-state index is 13.1. The van der Waals surface area contributed by atoms with Crippen LogP contribution >= 0.6 is 11.3 Å². The van der Waals surface area contributed by atoms with Gasteiger partial charge in [-0.3, -0.25) is 5.43 Å². The van der Waals surface area contributed by atoms with Crippen molar-refractivity contribution in [2.75, 3.05) is 12.0 Å². The predicted octanol–water partition coefficient (Wildman–Crippen LogP) is 5.29. The molecule has 0 aliphatic heterocycles. The molecule has 0 aliphatic carbocycles. The molecule has 0 atom stereocenters. The summed E-state index contributed by atoms with van der Waals surface area (Å²) in [5.41, 5.74) is 5.11. The van der Waals surface area contributed by atoms with Gasteiger partial charge >= 0.3 is 5.63 Å². The summed E-state index contributed by atoms with van der Waals surface area (Å²) in [7, 11) is 0. The number of hydrogen-bond donors (Lipinski definition) is 1. The van der Waals surface area contributed by atoms with Crippen molar-refractivity contribution < 1.29 is 13.5 Å². The number of benzene rings is 2. The quantitative estimate of drug-likeness (QED) is 0.259. The van der Waals surface area contributed by atoms with Crippen molar-refractivity contribution >= 4 is 33.1 Å². The molecule has 4 rings (SSSR count). The smallest absolute Gasteiger partial charge is 0.345 e. The minimum atomic E-state index is -0.496. The van der Waals surface area contributed by atoms with Gasteiger partial charge < -0.3 is 9.15 Å². The second kappa shape index (κ2) is 8.46. The minimum absolute atomic E-state index is 0.296. The third kappa shape index (κ3) is 4.08. The van der Waals surface area contributed by atoms with Crippen LogP contribution in [0.25, 0.3) is 22.2 Å². The zero-order valence-corrected chi connectivity index (χ0v) is 17.1. The summed E-state index contributed by atoms with van der Waals surface area (Å²) >= 11 is 1.36. The summed E-state index contributed by atoms with van der Waals surface area (Å²) in [6.45, 7) is 4.06. The van der Waals surface area contributed by atoms with Crippen molar-refractivity contribution in [3.05, 3.63) is 75.7 Å². The van der Waals surface area contributed by atoms with E-state index in [1.165, 1.54) is 23.5 Å². The highest BCUT2D eigenvalue weighted by Gasteiger charge is 2.12. The van der Waals surface area contributed by atoms with E-state index >= 15 is 0 Å². The highest BCUT2D eigenvalue weighted by atomic mass is 32.1. The number of hydrazone groups is 1. The van der Waals surface area contributed by atoms with Crippen LogP contribution in [0.3, 0.4) is 0 Å². The van der Waals surface area contributed by atoms with Crippen LogP contribution in [-0.2, 0) is 0 Å². The number of para-hydroxylation sites is 1. The molecule has 0 saturated carbocycles. The number of nitrogens with zero attached hydrogens (tertiary/aromatic N) is 2. The van der Waals surface area contributed by atoms with Crippen LogP contribution in [0.1, 0.15) is 19.4 Å². The van der Waals surface area contributed by atoms with E-state index in [-0.39, 0.29) is 5.82 Å². The third-order valence-corrected chi connectivity index (χ3v) is 5.12. The van der Waals surface area contributed by atoms with Crippen LogP contribution < -0.4 is 15.8 Å². The Kier molecular flexibility index (Phi) is 5.58. The Balaban J connectivity index is 1.58. The molecule has 4 aromatic rings. The largest absolute Gasteiger partial charge is 0.490 e. The number of anilines is 1. The summed E-state index contributed by atoms with van der Waals surface area (Å²) in [6, 6.07) is 13.3. The highest BCUT2D eigenvalue weighted by Crippen LogP contribution is 2.26. The molecule has 0 aliphatic rings. The molecule has 2 aromatic carbocycles. The lowest BCUT2D eigenvalue weighted by atomic mass is 10.1. The van der Waals surface area contributed by atoms with E-state index < -0.39 is 5.63 Å². The van der Waals surface area contributed by atoms with E-state index in [0.29, 0.717) is 40.0 Å². The average Bonchev–Trinajstić information content (AvgIpc) is 3.22. The maximum absolute atomic E-state index is 13.1. The second-order valence-corrected chi connectivity index (χ2v) is 7.27. The Bertz CT molecular complexity index is 1280. The summed E-state index contributed by atoms with van der Waals surface area (Å²) in [6.07, 6.45) is 0. The molecule has 6 nitrogen and oxygen atoms in total. The Hall–Kier alpha value is -3.52. The molecule has 2 heterocycles. The Labute approximate surface area is 175 Å². The molecule has 2 aromatic heterocycles. The van der Waals surface area contributed by atoms with Crippen LogP contribution in [0, 0.1) is 5.82 Å². The van der Waals surface area contributed by atoms with E-state index in [2.05, 4.69) is 15.5 Å². The number of rotatable bonds is 6. The summed E-state index contributed by atoms with van der Waals surface area (Å²) in [4.78, 5) is 16.9. The van der Waals surface area contributed by atoms with Crippen LogP contribution in [0.5, 0.6) is 5.75 Å². The third-order valence-electron chi connectivity index (χ3n) is 4.38. The number of ether oxygens (including phenoxy) is 1. The molecule has 0 radical (unpaired) electrons. The van der Waals surface area contributed by atoms with Gasteiger partial charge in [0.15, 0.2) is 11.3 Å². The molecule has 0 amide bonds. The monoisotopic (exact) mass is 423 g/mol. The number of halogens is 1. The molecule has 0 unspecified atom stereocenters. The molecular weight excluding hydrogens is 405 g/mol. The highest BCUT2D eigenvalue weighted by molar-refractivity contribution is 7.14. The lowest BCUT2D eigenvalue weighted by Gasteiger charge is -2.07. The number of aromatic nitrogens is 1. The van der Waals surface area contributed by atoms with Gasteiger partial charge in [0.2, 0.25) is 5.13 Å². The Morgan fingerprint density at radius 1 is 1.27 bits per heavy atom. The van der Waals surface area contributed by atoms with Crippen LogP contribution in [0.15, 0.2) is 68.2 Å². The first-order chi connectivity index (χ1) is 14.5. The van der Waals surface area contributed by atoms with Gasteiger partial charge in [-0.2, -0.15) is 5.10 Å². The number of fused-ring (bicyclic) bond motifs is 1. The van der Waals surface area contributed by atoms with Crippen LogP contribution in [0.2, 0.25) is 0 Å². The fourth-order valence-electron chi connectivity index (χ4n) is 2.91. The van der Waals surface area contributed by atoms with Crippen molar-refractivity contribution in [1.29, 1.82) is 0 Å². The zero-order valence-electron chi connectivity index (χ0n) is 16.3. The molecule has 1 N–H and O–H groups in total. The topological polar surface area (TPSA) is 76.7 Å². The SMILES string of the molecule is CCOc1cccc2cc(/C(C)=N/Nc3nc(-c4ccc(F)cc4)cs3)c(=O)oc12. The fourth-order valence-corrected chi connectivity index (χ4v) is 3.57. The Morgan fingerprint density at radius 3 is 2.83 bits per heavy atom. The van der Waals surface area contributed by atoms with Crippen molar-refractivity contribution in [2.45, 2.75) is 13.8 Å². The minimum Gasteiger partial charge on any atom is -0.490 e. The summed E-state index contributed by atoms with van der Waals surface area (Å²) in [5.74, 6) is 0.234. The van der Waals surface area contributed by atoms with Crippen molar-refractivity contribution in [1.82, 2.24) is 4.98 Å². The molecule has 0 bridgehead atoms. The summed E-state index contributed by atoms with van der Waals surface area (Å²) in [5, 5.41) is 7.42. The van der Waals surface area contributed by atoms with Gasteiger partial charge in [0.05, 0.1) is 23.6 Å². The first-order valence-corrected chi connectivity index (χ1v) is 10.1. The molecule has 0 fully saturated rings. The molecule has 152 valence electrons.